The summed E-state index contributed by atoms with van der Waals surface area (Å²) in [6.07, 6.45) is -10.0. The lowest BCUT2D eigenvalue weighted by molar-refractivity contribution is -0.335. The van der Waals surface area contributed by atoms with E-state index in [1.54, 1.807) is 0 Å². The second-order valence-electron chi connectivity index (χ2n) is 9.42. The van der Waals surface area contributed by atoms with Crippen molar-refractivity contribution in [3.63, 3.8) is 0 Å². The topological polar surface area (TPSA) is 216 Å². The zero-order valence-electron chi connectivity index (χ0n) is 20.5. The Morgan fingerprint density at radius 3 is 1.86 bits per heavy atom. The lowest BCUT2D eigenvalue weighted by atomic mass is 9.98. The van der Waals surface area contributed by atoms with E-state index in [1.807, 2.05) is 0 Å². The molecule has 2 fully saturated rings. The molecule has 2 rings (SSSR count). The van der Waals surface area contributed by atoms with Crippen LogP contribution in [0, 0.1) is 0 Å². The van der Waals surface area contributed by atoms with Crippen molar-refractivity contribution in [2.45, 2.75) is 126 Å². The number of unbranched alkanes of at least 4 members (excludes halogenated alkanes) is 6. The molecule has 0 amide bonds. The Labute approximate surface area is 210 Å². The maximum absolute atomic E-state index is 11.7. The molecule has 2 saturated heterocycles. The van der Waals surface area contributed by atoms with Gasteiger partial charge in [0.15, 0.2) is 18.7 Å². The first kappa shape index (κ1) is 31.2. The molecule has 11 atom stereocenters. The van der Waals surface area contributed by atoms with Crippen molar-refractivity contribution in [3.05, 3.63) is 0 Å². The van der Waals surface area contributed by atoms with E-state index in [2.05, 4.69) is 6.92 Å². The van der Waals surface area contributed by atoms with Gasteiger partial charge in [-0.2, -0.15) is 0 Å². The van der Waals surface area contributed by atoms with Gasteiger partial charge in [0.05, 0.1) is 13.2 Å². The minimum absolute atomic E-state index is 0.167. The quantitative estimate of drug-likeness (QED) is 0.111. The lowest BCUT2D eigenvalue weighted by Crippen LogP contribution is -2.62. The fourth-order valence-corrected chi connectivity index (χ4v) is 4.26. The molecule has 13 heteroatoms. The van der Waals surface area contributed by atoms with Gasteiger partial charge in [-0.1, -0.05) is 51.9 Å². The molecule has 2 aliphatic rings. The molecule has 0 aromatic carbocycles. The summed E-state index contributed by atoms with van der Waals surface area (Å²) in [5.74, 6) is -1.26. The highest BCUT2D eigenvalue weighted by Gasteiger charge is 2.48. The standard InChI is InChI=1S/C23H42O13/c1-2-3-4-5-6-7-8-9-12(21(31)32)34-23-20(30)18(28)16(26)14(36-23)11-33-22-19(29)17(27)15(25)13(10-24)35-22/h12-20,22-30H,2-11H2,1H3,(H,31,32)/t12-,13?,14?,15-,16-,17-,18-,19?,20?,22+,23+/m0/s1. The first-order valence-electron chi connectivity index (χ1n) is 12.6. The normalized spacial score (nSPS) is 38.1. The van der Waals surface area contributed by atoms with Gasteiger partial charge in [0.1, 0.15) is 48.8 Å². The zero-order valence-corrected chi connectivity index (χ0v) is 20.5. The lowest BCUT2D eigenvalue weighted by Gasteiger charge is -2.43. The first-order chi connectivity index (χ1) is 17.1. The van der Waals surface area contributed by atoms with Crippen LogP contribution in [0.4, 0.5) is 0 Å². The third-order valence-electron chi connectivity index (χ3n) is 6.59. The van der Waals surface area contributed by atoms with E-state index >= 15 is 0 Å². The number of aliphatic hydroxyl groups excluding tert-OH is 7. The van der Waals surface area contributed by atoms with Crippen LogP contribution < -0.4 is 0 Å². The van der Waals surface area contributed by atoms with Crippen LogP contribution in [0.5, 0.6) is 0 Å². The van der Waals surface area contributed by atoms with E-state index in [0.717, 1.165) is 38.5 Å². The number of aliphatic carboxylic acids is 1. The highest BCUT2D eigenvalue weighted by molar-refractivity contribution is 5.72. The van der Waals surface area contributed by atoms with Crippen molar-refractivity contribution in [3.8, 4) is 0 Å². The molecule has 0 radical (unpaired) electrons. The Kier molecular flexibility index (Phi) is 13.4. The molecule has 36 heavy (non-hydrogen) atoms. The smallest absolute Gasteiger partial charge is 0.332 e. The highest BCUT2D eigenvalue weighted by Crippen LogP contribution is 2.27. The number of hydrogen-bond donors (Lipinski definition) is 8. The second kappa shape index (κ2) is 15.4. The summed E-state index contributed by atoms with van der Waals surface area (Å²) < 4.78 is 21.5. The summed E-state index contributed by atoms with van der Waals surface area (Å²) in [6.45, 7) is 0.936. The van der Waals surface area contributed by atoms with Crippen molar-refractivity contribution in [2.24, 2.45) is 0 Å². The van der Waals surface area contributed by atoms with Crippen molar-refractivity contribution >= 4 is 5.97 Å². The van der Waals surface area contributed by atoms with Crippen LogP contribution in [0.25, 0.3) is 0 Å². The molecule has 0 aliphatic carbocycles. The Hall–Kier alpha value is -0.970. The van der Waals surface area contributed by atoms with Gasteiger partial charge in [-0.05, 0) is 6.42 Å². The van der Waals surface area contributed by atoms with E-state index in [4.69, 9.17) is 18.9 Å². The molecule has 0 saturated carbocycles. The molecule has 0 spiro atoms. The van der Waals surface area contributed by atoms with Crippen LogP contribution in [0.1, 0.15) is 58.3 Å². The van der Waals surface area contributed by atoms with Crippen LogP contribution in [-0.4, -0.2) is 128 Å². The molecule has 4 unspecified atom stereocenters. The van der Waals surface area contributed by atoms with Gasteiger partial charge in [0.2, 0.25) is 0 Å². The van der Waals surface area contributed by atoms with Crippen LogP contribution in [-0.2, 0) is 23.7 Å². The predicted molar refractivity (Wildman–Crippen MR) is 122 cm³/mol. The number of carboxylic acids is 1. The van der Waals surface area contributed by atoms with Crippen LogP contribution in [0.3, 0.4) is 0 Å². The van der Waals surface area contributed by atoms with E-state index < -0.39 is 86.7 Å². The van der Waals surface area contributed by atoms with Crippen molar-refractivity contribution < 1.29 is 64.6 Å². The fourth-order valence-electron chi connectivity index (χ4n) is 4.26. The summed E-state index contributed by atoms with van der Waals surface area (Å²) in [5.41, 5.74) is 0. The average Bonchev–Trinajstić information content (AvgIpc) is 2.86. The summed E-state index contributed by atoms with van der Waals surface area (Å²) in [6, 6.07) is 0. The van der Waals surface area contributed by atoms with Gasteiger partial charge in [-0.25, -0.2) is 4.79 Å². The van der Waals surface area contributed by atoms with Gasteiger partial charge in [0, 0.05) is 0 Å². The molecule has 8 N–H and O–H groups in total. The van der Waals surface area contributed by atoms with E-state index in [-0.39, 0.29) is 6.42 Å². The van der Waals surface area contributed by atoms with Crippen LogP contribution >= 0.6 is 0 Å². The molecule has 2 heterocycles. The number of rotatable bonds is 15. The maximum atomic E-state index is 11.7. The molecule has 0 bridgehead atoms. The van der Waals surface area contributed by atoms with Gasteiger partial charge >= 0.3 is 5.97 Å². The van der Waals surface area contributed by atoms with E-state index in [1.165, 1.54) is 0 Å². The monoisotopic (exact) mass is 526 g/mol. The minimum atomic E-state index is -1.75. The van der Waals surface area contributed by atoms with Gasteiger partial charge in [-0.15, -0.1) is 0 Å². The highest BCUT2D eigenvalue weighted by atomic mass is 16.7. The Morgan fingerprint density at radius 2 is 1.28 bits per heavy atom. The summed E-state index contributed by atoms with van der Waals surface area (Å²) in [7, 11) is 0. The number of aliphatic hydroxyl groups is 7. The van der Waals surface area contributed by atoms with Gasteiger partial charge in [-0.3, -0.25) is 0 Å². The predicted octanol–water partition coefficient (Wildman–Crippen LogP) is -1.78. The number of hydrogen-bond acceptors (Lipinski definition) is 12. The van der Waals surface area contributed by atoms with Gasteiger partial charge in [0.25, 0.3) is 0 Å². The number of carbonyl (C=O) groups is 1. The SMILES string of the molecule is CCCCCCCCC[C@H](O[C@@H]1OC(CO[C@@H]2OC(CO)[C@H](O)[C@H](O)C2O)[C@H](O)[C@H](O)C1O)C(=O)O. The summed E-state index contributed by atoms with van der Waals surface area (Å²) >= 11 is 0. The maximum Gasteiger partial charge on any atom is 0.332 e. The van der Waals surface area contributed by atoms with Crippen molar-refractivity contribution in [1.82, 2.24) is 0 Å². The Morgan fingerprint density at radius 1 is 0.750 bits per heavy atom. The van der Waals surface area contributed by atoms with Crippen molar-refractivity contribution in [1.29, 1.82) is 0 Å². The summed E-state index contributed by atoms with van der Waals surface area (Å²) in [4.78, 5) is 11.7. The molecular weight excluding hydrogens is 484 g/mol. The first-order valence-corrected chi connectivity index (χ1v) is 12.6. The minimum Gasteiger partial charge on any atom is -0.479 e. The number of ether oxygens (including phenoxy) is 4. The van der Waals surface area contributed by atoms with Crippen LogP contribution in [0.2, 0.25) is 0 Å². The fraction of sp³-hybridized carbons (Fsp3) is 0.957. The van der Waals surface area contributed by atoms with E-state index in [9.17, 15) is 45.6 Å². The molecule has 212 valence electrons. The largest absolute Gasteiger partial charge is 0.479 e. The zero-order chi connectivity index (χ0) is 26.8. The van der Waals surface area contributed by atoms with Crippen molar-refractivity contribution in [2.75, 3.05) is 13.2 Å². The molecule has 2 aliphatic heterocycles. The Bertz CT molecular complexity index is 635. The summed E-state index contributed by atoms with van der Waals surface area (Å²) in [5, 5.41) is 79.4. The van der Waals surface area contributed by atoms with Gasteiger partial charge < -0.3 is 59.8 Å². The third-order valence-corrected chi connectivity index (χ3v) is 6.59. The average molecular weight is 527 g/mol. The third kappa shape index (κ3) is 8.53. The molecule has 13 nitrogen and oxygen atoms in total. The molecular formula is C23H42O13. The Balaban J connectivity index is 1.92. The molecule has 0 aromatic rings. The van der Waals surface area contributed by atoms with Crippen LogP contribution in [0.15, 0.2) is 0 Å². The van der Waals surface area contributed by atoms with E-state index in [0.29, 0.717) is 6.42 Å². The molecule has 0 aromatic heterocycles. The second-order valence-corrected chi connectivity index (χ2v) is 9.42. The number of carboxylic acid groups (broad SMARTS) is 1.